The summed E-state index contributed by atoms with van der Waals surface area (Å²) in [6.07, 6.45) is 5.28. The molecule has 0 spiro atoms. The molecule has 1 aromatic carbocycles. The number of aliphatic hydroxyl groups is 1. The number of benzene rings is 1. The molecule has 28 heavy (non-hydrogen) atoms. The molecule has 0 saturated carbocycles. The van der Waals surface area contributed by atoms with Crippen molar-refractivity contribution in [1.29, 1.82) is 0 Å². The summed E-state index contributed by atoms with van der Waals surface area (Å²) in [5.41, 5.74) is 2.29. The van der Waals surface area contributed by atoms with Crippen molar-refractivity contribution in [2.45, 2.75) is 50.2 Å². The van der Waals surface area contributed by atoms with E-state index in [4.69, 9.17) is 4.74 Å². The van der Waals surface area contributed by atoms with Gasteiger partial charge in [-0.25, -0.2) is 8.42 Å². The number of allylic oxidation sites excluding steroid dienone is 2. The van der Waals surface area contributed by atoms with Crippen LogP contribution in [0, 0.1) is 5.92 Å². The summed E-state index contributed by atoms with van der Waals surface area (Å²) in [5.74, 6) is 0.396. The second-order valence-electron chi connectivity index (χ2n) is 8.29. The van der Waals surface area contributed by atoms with Crippen LogP contribution in [-0.2, 0) is 10.0 Å². The topological polar surface area (TPSA) is 70.1 Å². The number of fused-ring (bicyclic) bond motifs is 1. The predicted molar refractivity (Wildman–Crippen MR) is 111 cm³/mol. The zero-order chi connectivity index (χ0) is 20.5. The first-order valence-corrected chi connectivity index (χ1v) is 11.5. The number of nitrogens with zero attached hydrogens (tertiary/aromatic N) is 2. The lowest BCUT2D eigenvalue weighted by Crippen LogP contribution is -2.49. The molecule has 1 heterocycles. The molecule has 1 aliphatic carbocycles. The average Bonchev–Trinajstić information content (AvgIpc) is 3.18. The Morgan fingerprint density at radius 2 is 2.11 bits per heavy atom. The average molecular weight is 409 g/mol. The van der Waals surface area contributed by atoms with Gasteiger partial charge in [-0.2, -0.15) is 4.31 Å². The lowest BCUT2D eigenvalue weighted by Gasteiger charge is -2.37. The minimum Gasteiger partial charge on any atom is -0.487 e. The van der Waals surface area contributed by atoms with Gasteiger partial charge in [-0.05, 0) is 63.6 Å². The third kappa shape index (κ3) is 4.27. The Hall–Kier alpha value is -1.41. The second kappa shape index (κ2) is 8.53. The Bertz CT molecular complexity index is 835. The van der Waals surface area contributed by atoms with Crippen LogP contribution in [-0.4, -0.2) is 68.7 Å². The normalized spacial score (nSPS) is 26.1. The van der Waals surface area contributed by atoms with E-state index in [0.29, 0.717) is 18.8 Å². The molecule has 0 aromatic heterocycles. The Kier molecular flexibility index (Phi) is 6.49. The van der Waals surface area contributed by atoms with Crippen molar-refractivity contribution < 1.29 is 18.3 Å². The van der Waals surface area contributed by atoms with Crippen molar-refractivity contribution in [3.05, 3.63) is 29.8 Å². The fourth-order valence-corrected chi connectivity index (χ4v) is 5.76. The van der Waals surface area contributed by atoms with E-state index in [9.17, 15) is 13.5 Å². The van der Waals surface area contributed by atoms with E-state index in [1.54, 1.807) is 13.0 Å². The Morgan fingerprint density at radius 3 is 2.71 bits per heavy atom. The van der Waals surface area contributed by atoms with Crippen molar-refractivity contribution >= 4 is 15.6 Å². The summed E-state index contributed by atoms with van der Waals surface area (Å²) in [4.78, 5) is 2.24. The number of hydrogen-bond acceptors (Lipinski definition) is 5. The molecule has 0 amide bonds. The molecule has 1 N–H and O–H groups in total. The van der Waals surface area contributed by atoms with Crippen molar-refractivity contribution in [2.75, 3.05) is 33.8 Å². The number of hydrogen-bond donors (Lipinski definition) is 1. The second-order valence-corrected chi connectivity index (χ2v) is 10.1. The quantitative estimate of drug-likeness (QED) is 0.811. The SMILES string of the molecule is C[C@@H]1CN([C@@H](C)CO)S(=O)(=O)c2ccc(C3=CCCC3)cc2O[C@H]1CN(C)C. The van der Waals surface area contributed by atoms with E-state index in [1.807, 2.05) is 33.2 Å². The molecule has 3 atom stereocenters. The van der Waals surface area contributed by atoms with Gasteiger partial charge in [0, 0.05) is 25.0 Å². The number of ether oxygens (including phenoxy) is 1. The van der Waals surface area contributed by atoms with Crippen LogP contribution < -0.4 is 4.74 Å². The summed E-state index contributed by atoms with van der Waals surface area (Å²) >= 11 is 0. The highest BCUT2D eigenvalue weighted by Gasteiger charge is 2.38. The minimum absolute atomic E-state index is 0.0197. The van der Waals surface area contributed by atoms with Gasteiger partial charge in [0.1, 0.15) is 16.7 Å². The maximum atomic E-state index is 13.4. The molecule has 7 heteroatoms. The van der Waals surface area contributed by atoms with Gasteiger partial charge in [0.25, 0.3) is 0 Å². The van der Waals surface area contributed by atoms with Crippen molar-refractivity contribution in [1.82, 2.24) is 9.21 Å². The summed E-state index contributed by atoms with van der Waals surface area (Å²) < 4.78 is 34.5. The molecule has 0 radical (unpaired) electrons. The highest BCUT2D eigenvalue weighted by molar-refractivity contribution is 7.89. The number of rotatable bonds is 5. The standard InChI is InChI=1S/C21H32N2O4S/c1-15-12-23(16(2)14-24)28(25,26)21-10-9-18(17-7-5-6-8-17)11-19(21)27-20(15)13-22(3)4/h7,9-11,15-16,20,24H,5-6,8,12-14H2,1-4H3/t15-,16+,20+/m1/s1. The van der Waals surface area contributed by atoms with Gasteiger partial charge in [-0.3, -0.25) is 0 Å². The molecule has 1 aliphatic heterocycles. The molecule has 0 unspecified atom stereocenters. The number of sulfonamides is 1. The van der Waals surface area contributed by atoms with Gasteiger partial charge >= 0.3 is 0 Å². The molecule has 2 aliphatic rings. The third-order valence-electron chi connectivity index (χ3n) is 5.62. The summed E-state index contributed by atoms with van der Waals surface area (Å²) in [6, 6.07) is 4.94. The minimum atomic E-state index is -3.76. The van der Waals surface area contributed by atoms with E-state index in [0.717, 1.165) is 24.8 Å². The highest BCUT2D eigenvalue weighted by atomic mass is 32.2. The molecule has 0 fully saturated rings. The highest BCUT2D eigenvalue weighted by Crippen LogP contribution is 2.37. The molecule has 156 valence electrons. The van der Waals surface area contributed by atoms with Crippen LogP contribution in [0.25, 0.3) is 5.57 Å². The van der Waals surface area contributed by atoms with Crippen molar-refractivity contribution in [2.24, 2.45) is 5.92 Å². The van der Waals surface area contributed by atoms with E-state index >= 15 is 0 Å². The van der Waals surface area contributed by atoms with Gasteiger partial charge < -0.3 is 14.7 Å². The van der Waals surface area contributed by atoms with Crippen LogP contribution in [0.2, 0.25) is 0 Å². The van der Waals surface area contributed by atoms with Gasteiger partial charge in [-0.1, -0.05) is 19.1 Å². The van der Waals surface area contributed by atoms with Gasteiger partial charge in [-0.15, -0.1) is 0 Å². The molecule has 0 bridgehead atoms. The molecular formula is C21H32N2O4S. The summed E-state index contributed by atoms with van der Waals surface area (Å²) in [7, 11) is 0.209. The van der Waals surface area contributed by atoms with Crippen LogP contribution in [0.1, 0.15) is 38.7 Å². The first kappa shape index (κ1) is 21.3. The van der Waals surface area contributed by atoms with Crippen molar-refractivity contribution in [3.63, 3.8) is 0 Å². The van der Waals surface area contributed by atoms with Gasteiger partial charge in [0.15, 0.2) is 0 Å². The van der Waals surface area contributed by atoms with E-state index < -0.39 is 16.1 Å². The number of likely N-dealkylation sites (N-methyl/N-ethyl adjacent to an activating group) is 1. The zero-order valence-electron chi connectivity index (χ0n) is 17.3. The first-order valence-electron chi connectivity index (χ1n) is 10.0. The van der Waals surface area contributed by atoms with Crippen molar-refractivity contribution in [3.8, 4) is 5.75 Å². The fraction of sp³-hybridized carbons (Fsp3) is 0.619. The molecule has 0 saturated heterocycles. The smallest absolute Gasteiger partial charge is 0.247 e. The van der Waals surface area contributed by atoms with Crippen LogP contribution >= 0.6 is 0 Å². The predicted octanol–water partition coefficient (Wildman–Crippen LogP) is 2.58. The first-order chi connectivity index (χ1) is 13.2. The summed E-state index contributed by atoms with van der Waals surface area (Å²) in [5, 5.41) is 9.66. The van der Waals surface area contributed by atoms with Crippen LogP contribution in [0.15, 0.2) is 29.2 Å². The molecule has 3 rings (SSSR count). The molecular weight excluding hydrogens is 376 g/mol. The van der Waals surface area contributed by atoms with Crippen LogP contribution in [0.5, 0.6) is 5.75 Å². The van der Waals surface area contributed by atoms with E-state index in [1.165, 1.54) is 9.88 Å². The zero-order valence-corrected chi connectivity index (χ0v) is 18.1. The maximum Gasteiger partial charge on any atom is 0.247 e. The maximum absolute atomic E-state index is 13.4. The summed E-state index contributed by atoms with van der Waals surface area (Å²) in [6.45, 7) is 4.54. The Balaban J connectivity index is 2.11. The number of aliphatic hydroxyl groups excluding tert-OH is 1. The Labute approximate surface area is 168 Å². The van der Waals surface area contributed by atoms with E-state index in [-0.39, 0.29) is 23.5 Å². The Morgan fingerprint density at radius 1 is 1.36 bits per heavy atom. The molecule has 1 aromatic rings. The fourth-order valence-electron chi connectivity index (χ4n) is 3.94. The third-order valence-corrected chi connectivity index (χ3v) is 7.64. The van der Waals surface area contributed by atoms with Gasteiger partial charge in [0.2, 0.25) is 10.0 Å². The van der Waals surface area contributed by atoms with E-state index in [2.05, 4.69) is 11.0 Å². The van der Waals surface area contributed by atoms with Gasteiger partial charge in [0.05, 0.1) is 6.61 Å². The van der Waals surface area contributed by atoms with Crippen LogP contribution in [0.3, 0.4) is 0 Å². The molecule has 6 nitrogen and oxygen atoms in total. The lowest BCUT2D eigenvalue weighted by atomic mass is 10.0. The monoisotopic (exact) mass is 408 g/mol. The largest absolute Gasteiger partial charge is 0.487 e. The van der Waals surface area contributed by atoms with Crippen LogP contribution in [0.4, 0.5) is 0 Å². The lowest BCUT2D eigenvalue weighted by molar-refractivity contribution is 0.0812.